The van der Waals surface area contributed by atoms with Gasteiger partial charge < -0.3 is 0 Å². The summed E-state index contributed by atoms with van der Waals surface area (Å²) < 4.78 is 0. The molecule has 4 unspecified atom stereocenters. The Kier molecular flexibility index (Phi) is 2.54. The topological polar surface area (TPSA) is 0 Å². The molecule has 2 saturated carbocycles. The summed E-state index contributed by atoms with van der Waals surface area (Å²) in [6.07, 6.45) is 16.9. The van der Waals surface area contributed by atoms with Crippen LogP contribution in [-0.2, 0) is 0 Å². The van der Waals surface area contributed by atoms with Gasteiger partial charge in [0.25, 0.3) is 0 Å². The molecule has 0 aromatic heterocycles. The van der Waals surface area contributed by atoms with Gasteiger partial charge in [-0.15, -0.1) is 0 Å². The van der Waals surface area contributed by atoms with Gasteiger partial charge in [0, 0.05) is 0 Å². The number of hydrogen-bond acceptors (Lipinski definition) is 0. The Bertz CT molecular complexity index is 348. The maximum absolute atomic E-state index is 2.43. The molecule has 0 aliphatic heterocycles. The van der Waals surface area contributed by atoms with Crippen molar-refractivity contribution in [3.63, 3.8) is 0 Å². The minimum Gasteiger partial charge on any atom is -0.0851 e. The summed E-state index contributed by atoms with van der Waals surface area (Å²) in [4.78, 5) is 0. The zero-order chi connectivity index (χ0) is 12.1. The van der Waals surface area contributed by atoms with Gasteiger partial charge in [-0.2, -0.15) is 0 Å². The Morgan fingerprint density at radius 3 is 1.65 bits per heavy atom. The lowest BCUT2D eigenvalue weighted by atomic mass is 9.71. The predicted molar refractivity (Wildman–Crippen MR) is 73.7 cm³/mol. The van der Waals surface area contributed by atoms with E-state index in [0.717, 1.165) is 17.8 Å². The number of fused-ring (bicyclic) bond motifs is 4. The van der Waals surface area contributed by atoms with Crippen molar-refractivity contribution in [2.24, 2.45) is 28.6 Å². The third-order valence-electron chi connectivity index (χ3n) is 6.24. The van der Waals surface area contributed by atoms with Gasteiger partial charge in [-0.25, -0.2) is 0 Å². The predicted octanol–water partition coefficient (Wildman–Crippen LogP) is 4.97. The molecule has 94 valence electrons. The van der Waals surface area contributed by atoms with Crippen LogP contribution in [0.25, 0.3) is 0 Å². The highest BCUT2D eigenvalue weighted by Crippen LogP contribution is 2.61. The molecule has 0 saturated heterocycles. The number of allylic oxidation sites excluding steroid dienone is 4. The normalized spacial score (nSPS) is 47.4. The Morgan fingerprint density at radius 2 is 1.53 bits per heavy atom. The molecule has 4 aliphatic rings. The maximum Gasteiger partial charge on any atom is -0.00895 e. The first-order valence-corrected chi connectivity index (χ1v) is 7.39. The van der Waals surface area contributed by atoms with E-state index >= 15 is 0 Å². The van der Waals surface area contributed by atoms with Gasteiger partial charge in [0.15, 0.2) is 0 Å². The highest BCUT2D eigenvalue weighted by Gasteiger charge is 2.52. The van der Waals surface area contributed by atoms with E-state index in [0.29, 0.717) is 10.8 Å². The fourth-order valence-corrected chi connectivity index (χ4v) is 4.24. The van der Waals surface area contributed by atoms with Gasteiger partial charge in [-0.1, -0.05) is 45.1 Å². The lowest BCUT2D eigenvalue weighted by Crippen LogP contribution is -2.27. The van der Waals surface area contributed by atoms with E-state index in [-0.39, 0.29) is 0 Å². The van der Waals surface area contributed by atoms with E-state index in [1.54, 1.807) is 0 Å². The van der Waals surface area contributed by atoms with Crippen molar-refractivity contribution < 1.29 is 0 Å². The van der Waals surface area contributed by atoms with Crippen LogP contribution in [0.1, 0.15) is 52.9 Å². The first kappa shape index (κ1) is 11.6. The molecule has 0 nitrogen and oxygen atoms in total. The molecule has 17 heavy (non-hydrogen) atoms. The maximum atomic E-state index is 2.43. The zero-order valence-corrected chi connectivity index (χ0v) is 11.6. The van der Waals surface area contributed by atoms with Gasteiger partial charge in [0.2, 0.25) is 0 Å². The Hall–Kier alpha value is -0.520. The monoisotopic (exact) mass is 230 g/mol. The first-order valence-electron chi connectivity index (χ1n) is 7.39. The smallest absolute Gasteiger partial charge is 0.00895 e. The Labute approximate surface area is 106 Å². The van der Waals surface area contributed by atoms with Gasteiger partial charge in [-0.05, 0) is 60.7 Å². The molecule has 4 rings (SSSR count). The van der Waals surface area contributed by atoms with E-state index in [2.05, 4.69) is 45.1 Å². The average molecular weight is 230 g/mol. The summed E-state index contributed by atoms with van der Waals surface area (Å²) in [6, 6.07) is 0. The van der Waals surface area contributed by atoms with Crippen molar-refractivity contribution in [1.29, 1.82) is 0 Å². The molecule has 0 N–H and O–H groups in total. The number of hydrogen-bond donors (Lipinski definition) is 0. The second-order valence-corrected chi connectivity index (χ2v) is 7.36. The quantitative estimate of drug-likeness (QED) is 0.515. The summed E-state index contributed by atoms with van der Waals surface area (Å²) >= 11 is 0. The van der Waals surface area contributed by atoms with Crippen LogP contribution in [0, 0.1) is 28.6 Å². The van der Waals surface area contributed by atoms with Crippen molar-refractivity contribution in [3.8, 4) is 0 Å². The molecule has 0 spiro atoms. The summed E-state index contributed by atoms with van der Waals surface area (Å²) in [7, 11) is 0. The van der Waals surface area contributed by atoms with E-state index in [1.807, 2.05) is 0 Å². The van der Waals surface area contributed by atoms with Crippen molar-refractivity contribution in [3.05, 3.63) is 24.3 Å². The molecule has 0 heteroatoms. The molecule has 4 atom stereocenters. The lowest BCUT2D eigenvalue weighted by Gasteiger charge is -2.33. The third-order valence-corrected chi connectivity index (χ3v) is 6.24. The number of rotatable bonds is 0. The fraction of sp³-hybridized carbons (Fsp3) is 0.765. The van der Waals surface area contributed by atoms with Crippen LogP contribution in [0.4, 0.5) is 0 Å². The fourth-order valence-electron chi connectivity index (χ4n) is 4.24. The van der Waals surface area contributed by atoms with Crippen LogP contribution in [0.3, 0.4) is 0 Å². The summed E-state index contributed by atoms with van der Waals surface area (Å²) in [6.45, 7) is 7.21. The highest BCUT2D eigenvalue weighted by atomic mass is 14.6. The summed E-state index contributed by atoms with van der Waals surface area (Å²) in [5.41, 5.74) is 1.07. The van der Waals surface area contributed by atoms with Crippen LogP contribution in [0.2, 0.25) is 0 Å². The van der Waals surface area contributed by atoms with E-state index in [4.69, 9.17) is 0 Å². The van der Waals surface area contributed by atoms with Gasteiger partial charge >= 0.3 is 0 Å². The molecule has 0 radical (unpaired) electrons. The van der Waals surface area contributed by atoms with Crippen molar-refractivity contribution in [2.45, 2.75) is 52.9 Å². The molecule has 4 aliphatic carbocycles. The minimum absolute atomic E-state index is 0.525. The lowest BCUT2D eigenvalue weighted by molar-refractivity contribution is 0.182. The summed E-state index contributed by atoms with van der Waals surface area (Å²) in [5, 5.41) is 0. The molecule has 0 aromatic carbocycles. The van der Waals surface area contributed by atoms with E-state index in [9.17, 15) is 0 Å². The van der Waals surface area contributed by atoms with Gasteiger partial charge in [0.05, 0.1) is 0 Å². The molecule has 0 heterocycles. The second kappa shape index (κ2) is 3.73. The molecule has 4 bridgehead atoms. The Morgan fingerprint density at radius 1 is 0.882 bits per heavy atom. The van der Waals surface area contributed by atoms with Gasteiger partial charge in [0.1, 0.15) is 0 Å². The minimum atomic E-state index is 0.525. The summed E-state index contributed by atoms with van der Waals surface area (Å²) in [5.74, 6) is 2.85. The first-order chi connectivity index (χ1) is 8.01. The van der Waals surface area contributed by atoms with Crippen LogP contribution >= 0.6 is 0 Å². The highest BCUT2D eigenvalue weighted by molar-refractivity contribution is 5.22. The second-order valence-electron chi connectivity index (χ2n) is 7.36. The third kappa shape index (κ3) is 1.72. The van der Waals surface area contributed by atoms with Crippen molar-refractivity contribution in [1.82, 2.24) is 0 Å². The molecule has 0 amide bonds. The molecule has 2 fully saturated rings. The molecular formula is C17H26. The molecular weight excluding hydrogens is 204 g/mol. The average Bonchev–Trinajstić information content (AvgIpc) is 3.02. The molecule has 0 aromatic rings. The van der Waals surface area contributed by atoms with Crippen LogP contribution < -0.4 is 0 Å². The van der Waals surface area contributed by atoms with Crippen LogP contribution in [-0.4, -0.2) is 0 Å². The SMILES string of the molecule is C1=CC2CCC1C2.CC12C=CC(CC1)C2(C)C. The van der Waals surface area contributed by atoms with E-state index in [1.165, 1.54) is 32.1 Å². The largest absolute Gasteiger partial charge is 0.0851 e. The Balaban J connectivity index is 0.000000113. The van der Waals surface area contributed by atoms with Crippen LogP contribution in [0.5, 0.6) is 0 Å². The van der Waals surface area contributed by atoms with Gasteiger partial charge in [-0.3, -0.25) is 0 Å². The van der Waals surface area contributed by atoms with E-state index < -0.39 is 0 Å². The van der Waals surface area contributed by atoms with Crippen LogP contribution in [0.15, 0.2) is 24.3 Å². The van der Waals surface area contributed by atoms with Crippen molar-refractivity contribution >= 4 is 0 Å². The zero-order valence-electron chi connectivity index (χ0n) is 11.6. The van der Waals surface area contributed by atoms with Crippen molar-refractivity contribution in [2.75, 3.05) is 0 Å². The standard InChI is InChI=1S/C10H16.C7H10/c1-9(2)8-4-6-10(9,3)7-5-8;1-2-7-4-3-6(1)5-7/h4,6,8H,5,7H2,1-3H3;1-2,6-7H,3-5H2.